The van der Waals surface area contributed by atoms with Crippen molar-refractivity contribution in [2.24, 2.45) is 0 Å². The van der Waals surface area contributed by atoms with E-state index in [0.29, 0.717) is 26.2 Å². The molecule has 2 aromatic carbocycles. The number of carbonyl (C=O) groups excluding carboxylic acids is 2. The summed E-state index contributed by atoms with van der Waals surface area (Å²) in [5, 5.41) is 6.62. The summed E-state index contributed by atoms with van der Waals surface area (Å²) in [6, 6.07) is 16.8. The van der Waals surface area contributed by atoms with Crippen molar-refractivity contribution < 1.29 is 9.59 Å². The number of nitrogens with one attached hydrogen (secondary N) is 2. The molecule has 0 bridgehead atoms. The van der Waals surface area contributed by atoms with Crippen LogP contribution < -0.4 is 10.6 Å². The monoisotopic (exact) mass is 516 g/mol. The van der Waals surface area contributed by atoms with Gasteiger partial charge in [-0.15, -0.1) is 0 Å². The number of allylic oxidation sites excluding steroid dienone is 2. The quantitative estimate of drug-likeness (QED) is 0.322. The summed E-state index contributed by atoms with van der Waals surface area (Å²) < 4.78 is 0. The minimum absolute atomic E-state index is 0.0302. The molecule has 1 aliphatic heterocycles. The molecule has 0 unspecified atom stereocenters. The molecule has 1 aliphatic rings. The molecule has 204 valence electrons. The Labute approximate surface area is 228 Å². The number of benzene rings is 2. The molecule has 6 nitrogen and oxygen atoms in total. The molecule has 1 heterocycles. The topological polar surface area (TPSA) is 64.7 Å². The lowest BCUT2D eigenvalue weighted by Gasteiger charge is -2.34. The highest BCUT2D eigenvalue weighted by Crippen LogP contribution is 2.16. The van der Waals surface area contributed by atoms with Crippen LogP contribution >= 0.6 is 0 Å². The zero-order valence-electron chi connectivity index (χ0n) is 23.6. The van der Waals surface area contributed by atoms with Crippen molar-refractivity contribution in [3.05, 3.63) is 83.2 Å². The van der Waals surface area contributed by atoms with E-state index in [-0.39, 0.29) is 11.8 Å². The van der Waals surface area contributed by atoms with E-state index in [4.69, 9.17) is 0 Å². The highest BCUT2D eigenvalue weighted by Gasteiger charge is 2.22. The number of hydrogen-bond acceptors (Lipinski definition) is 4. The predicted octanol–water partition coefficient (Wildman–Crippen LogP) is 6.37. The van der Waals surface area contributed by atoms with E-state index in [2.05, 4.69) is 73.0 Å². The van der Waals surface area contributed by atoms with Crippen molar-refractivity contribution in [2.45, 2.75) is 66.2 Å². The van der Waals surface area contributed by atoms with E-state index >= 15 is 0 Å². The molecule has 2 N–H and O–H groups in total. The molecule has 0 saturated carbocycles. The zero-order chi connectivity index (χ0) is 27.3. The van der Waals surface area contributed by atoms with Gasteiger partial charge in [-0.2, -0.15) is 0 Å². The van der Waals surface area contributed by atoms with Gasteiger partial charge in [-0.3, -0.25) is 9.59 Å². The molecular weight excluding hydrogens is 472 g/mol. The van der Waals surface area contributed by atoms with Gasteiger partial charge in [-0.05, 0) is 74.9 Å². The van der Waals surface area contributed by atoms with Gasteiger partial charge >= 0.3 is 0 Å². The number of carbonyl (C=O) groups is 2. The van der Waals surface area contributed by atoms with Gasteiger partial charge in [0.05, 0.1) is 0 Å². The third kappa shape index (κ3) is 9.40. The number of unbranched alkanes of at least 4 members (excludes halogenated alkanes) is 2. The Kier molecular flexibility index (Phi) is 11.5. The molecule has 6 heteroatoms. The highest BCUT2D eigenvalue weighted by atomic mass is 16.2. The van der Waals surface area contributed by atoms with E-state index in [9.17, 15) is 9.59 Å². The van der Waals surface area contributed by atoms with E-state index < -0.39 is 0 Å². The summed E-state index contributed by atoms with van der Waals surface area (Å²) in [6.45, 7) is 10.3. The second kappa shape index (κ2) is 15.0. The molecule has 3 rings (SSSR count). The van der Waals surface area contributed by atoms with Gasteiger partial charge in [0.15, 0.2) is 0 Å². The molecule has 1 saturated heterocycles. The largest absolute Gasteiger partial charge is 0.359 e. The smallest absolute Gasteiger partial charge is 0.248 e. The van der Waals surface area contributed by atoms with Crippen LogP contribution in [0.1, 0.15) is 64.5 Å². The molecule has 2 amide bonds. The average Bonchev–Trinajstić information content (AvgIpc) is 2.92. The fraction of sp³-hybridized carbons (Fsp3) is 0.438. The summed E-state index contributed by atoms with van der Waals surface area (Å²) in [4.78, 5) is 29.2. The van der Waals surface area contributed by atoms with E-state index in [1.165, 1.54) is 36.8 Å². The second-order valence-corrected chi connectivity index (χ2v) is 10.2. The van der Waals surface area contributed by atoms with E-state index in [0.717, 1.165) is 35.6 Å². The first-order valence-electron chi connectivity index (χ1n) is 14.0. The van der Waals surface area contributed by atoms with Gasteiger partial charge < -0.3 is 20.4 Å². The van der Waals surface area contributed by atoms with Gasteiger partial charge in [-0.1, -0.05) is 51.0 Å². The van der Waals surface area contributed by atoms with Crippen LogP contribution in [0, 0.1) is 0 Å². The Hall–Kier alpha value is -3.54. The molecular formula is C32H44N4O2. The highest BCUT2D eigenvalue weighted by molar-refractivity contribution is 5.90. The van der Waals surface area contributed by atoms with E-state index in [1.54, 1.807) is 22.0 Å². The predicted molar refractivity (Wildman–Crippen MR) is 158 cm³/mol. The summed E-state index contributed by atoms with van der Waals surface area (Å²) in [5.74, 6) is -0.0603. The SMILES string of the molecule is CCCCc1ccc(NC(C)=CC(=O)N2CCN(C(=O)C=C(C)Nc3ccc(CCCC)cc3)CC2)cc1. The fourth-order valence-corrected chi connectivity index (χ4v) is 4.50. The van der Waals surface area contributed by atoms with Crippen molar-refractivity contribution in [1.29, 1.82) is 0 Å². The third-order valence-electron chi connectivity index (χ3n) is 6.81. The minimum Gasteiger partial charge on any atom is -0.359 e. The molecule has 0 spiro atoms. The van der Waals surface area contributed by atoms with Gasteiger partial charge in [0.1, 0.15) is 0 Å². The molecule has 0 radical (unpaired) electrons. The van der Waals surface area contributed by atoms with Crippen LogP contribution in [0.4, 0.5) is 11.4 Å². The van der Waals surface area contributed by atoms with Gasteiger partial charge in [0.2, 0.25) is 11.8 Å². The number of nitrogens with zero attached hydrogens (tertiary/aromatic N) is 2. The summed E-state index contributed by atoms with van der Waals surface area (Å²) in [6.07, 6.45) is 10.2. The summed E-state index contributed by atoms with van der Waals surface area (Å²) in [5.41, 5.74) is 6.23. The van der Waals surface area contributed by atoms with E-state index in [1.807, 2.05) is 13.8 Å². The van der Waals surface area contributed by atoms with Crippen LogP contribution in [0.15, 0.2) is 72.1 Å². The first-order chi connectivity index (χ1) is 18.4. The normalized spacial score (nSPS) is 14.4. The molecule has 38 heavy (non-hydrogen) atoms. The van der Waals surface area contributed by atoms with Crippen LogP contribution in [0.25, 0.3) is 0 Å². The maximum absolute atomic E-state index is 12.8. The standard InChI is InChI=1S/C32H44N4O2/c1-5-7-9-27-11-15-29(16-12-27)33-25(3)23-31(37)35-19-21-36(22-20-35)32(38)24-26(4)34-30-17-13-28(14-18-30)10-8-6-2/h11-18,23-24,33-34H,5-10,19-22H2,1-4H3. The lowest BCUT2D eigenvalue weighted by atomic mass is 10.1. The third-order valence-corrected chi connectivity index (χ3v) is 6.81. The molecule has 1 fully saturated rings. The van der Waals surface area contributed by atoms with Crippen LogP contribution in [0.2, 0.25) is 0 Å². The first-order valence-corrected chi connectivity index (χ1v) is 14.0. The lowest BCUT2D eigenvalue weighted by molar-refractivity contribution is -0.134. The Morgan fingerprint density at radius 1 is 0.658 bits per heavy atom. The van der Waals surface area contributed by atoms with Crippen molar-refractivity contribution in [3.63, 3.8) is 0 Å². The van der Waals surface area contributed by atoms with Crippen molar-refractivity contribution in [2.75, 3.05) is 36.8 Å². The number of amides is 2. The summed E-state index contributed by atoms with van der Waals surface area (Å²) in [7, 11) is 0. The minimum atomic E-state index is -0.0302. The first kappa shape index (κ1) is 29.0. The van der Waals surface area contributed by atoms with Crippen molar-refractivity contribution >= 4 is 23.2 Å². The number of rotatable bonds is 12. The Bertz CT molecular complexity index is 1010. The maximum atomic E-state index is 12.8. The van der Waals surface area contributed by atoms with Crippen LogP contribution in [-0.2, 0) is 22.4 Å². The molecule has 0 aliphatic carbocycles. The Morgan fingerprint density at radius 3 is 1.32 bits per heavy atom. The number of aryl methyl sites for hydroxylation is 2. The average molecular weight is 517 g/mol. The second-order valence-electron chi connectivity index (χ2n) is 10.2. The number of piperazine rings is 1. The fourth-order valence-electron chi connectivity index (χ4n) is 4.50. The van der Waals surface area contributed by atoms with Crippen molar-refractivity contribution in [1.82, 2.24) is 9.80 Å². The summed E-state index contributed by atoms with van der Waals surface area (Å²) >= 11 is 0. The zero-order valence-corrected chi connectivity index (χ0v) is 23.6. The van der Waals surface area contributed by atoms with Crippen molar-refractivity contribution in [3.8, 4) is 0 Å². The molecule has 0 atom stereocenters. The molecule has 2 aromatic rings. The maximum Gasteiger partial charge on any atom is 0.248 e. The van der Waals surface area contributed by atoms with Gasteiger partial charge in [0, 0.05) is 61.1 Å². The Balaban J connectivity index is 1.44. The van der Waals surface area contributed by atoms with Crippen LogP contribution in [0.3, 0.4) is 0 Å². The van der Waals surface area contributed by atoms with Gasteiger partial charge in [-0.25, -0.2) is 0 Å². The Morgan fingerprint density at radius 2 is 1.00 bits per heavy atom. The van der Waals surface area contributed by atoms with Crippen LogP contribution in [-0.4, -0.2) is 47.8 Å². The number of anilines is 2. The lowest BCUT2D eigenvalue weighted by Crippen LogP contribution is -2.50. The molecule has 0 aromatic heterocycles. The van der Waals surface area contributed by atoms with Gasteiger partial charge in [0.25, 0.3) is 0 Å². The van der Waals surface area contributed by atoms with Crippen LogP contribution in [0.5, 0.6) is 0 Å². The number of hydrogen-bond donors (Lipinski definition) is 2.